The highest BCUT2D eigenvalue weighted by molar-refractivity contribution is 4.79. The second-order valence-electron chi connectivity index (χ2n) is 6.13. The first kappa shape index (κ1) is 15.0. The van der Waals surface area contributed by atoms with Crippen molar-refractivity contribution in [3.63, 3.8) is 0 Å². The Balaban J connectivity index is 2.09. The summed E-state index contributed by atoms with van der Waals surface area (Å²) in [4.78, 5) is 2.61. The fourth-order valence-corrected chi connectivity index (χ4v) is 2.99. The second kappa shape index (κ2) is 8.10. The standard InChI is InChI=1S/C15H32N2/c1-13(2)16-11-7-8-12-17(4)15-10-6-5-9-14(15)3/h13-16H,5-12H2,1-4H3. The minimum atomic E-state index is 0.631. The topological polar surface area (TPSA) is 15.3 Å². The third kappa shape index (κ3) is 5.87. The minimum absolute atomic E-state index is 0.631. The molecule has 0 aromatic heterocycles. The number of hydrogen-bond donors (Lipinski definition) is 1. The normalized spacial score (nSPS) is 25.8. The SMILES string of the molecule is CC(C)NCCCCN(C)C1CCCCC1C. The molecule has 0 saturated heterocycles. The molecule has 0 aromatic carbocycles. The molecule has 2 unspecified atom stereocenters. The van der Waals surface area contributed by atoms with E-state index in [0.717, 1.165) is 12.0 Å². The Kier molecular flexibility index (Phi) is 7.14. The van der Waals surface area contributed by atoms with E-state index in [1.165, 1.54) is 51.6 Å². The molecule has 1 aliphatic rings. The second-order valence-corrected chi connectivity index (χ2v) is 6.13. The van der Waals surface area contributed by atoms with Gasteiger partial charge in [0.05, 0.1) is 0 Å². The van der Waals surface area contributed by atoms with Gasteiger partial charge in [-0.15, -0.1) is 0 Å². The highest BCUT2D eigenvalue weighted by Crippen LogP contribution is 2.27. The van der Waals surface area contributed by atoms with E-state index < -0.39 is 0 Å². The zero-order valence-electron chi connectivity index (χ0n) is 12.3. The van der Waals surface area contributed by atoms with Crippen LogP contribution in [0.4, 0.5) is 0 Å². The van der Waals surface area contributed by atoms with Crippen LogP contribution in [0.15, 0.2) is 0 Å². The molecule has 0 radical (unpaired) electrons. The molecule has 1 saturated carbocycles. The molecular weight excluding hydrogens is 208 g/mol. The van der Waals surface area contributed by atoms with Gasteiger partial charge in [0, 0.05) is 12.1 Å². The van der Waals surface area contributed by atoms with Crippen LogP contribution in [0.5, 0.6) is 0 Å². The van der Waals surface area contributed by atoms with Crippen molar-refractivity contribution in [3.05, 3.63) is 0 Å². The van der Waals surface area contributed by atoms with Crippen molar-refractivity contribution in [2.45, 2.75) is 71.4 Å². The molecule has 0 bridgehead atoms. The lowest BCUT2D eigenvalue weighted by Crippen LogP contribution is -2.39. The summed E-state index contributed by atoms with van der Waals surface area (Å²) in [5, 5.41) is 3.49. The van der Waals surface area contributed by atoms with E-state index in [1.807, 2.05) is 0 Å². The van der Waals surface area contributed by atoms with E-state index in [0.29, 0.717) is 6.04 Å². The minimum Gasteiger partial charge on any atom is -0.315 e. The number of unbranched alkanes of at least 4 members (excludes halogenated alkanes) is 1. The summed E-state index contributed by atoms with van der Waals surface area (Å²) in [6, 6.07) is 1.48. The first-order chi connectivity index (χ1) is 8.11. The molecule has 0 heterocycles. The van der Waals surface area contributed by atoms with Gasteiger partial charge in [0.1, 0.15) is 0 Å². The third-order valence-electron chi connectivity index (χ3n) is 4.12. The molecule has 0 aliphatic heterocycles. The highest BCUT2D eigenvalue weighted by Gasteiger charge is 2.24. The summed E-state index contributed by atoms with van der Waals surface area (Å²) >= 11 is 0. The maximum atomic E-state index is 3.49. The lowest BCUT2D eigenvalue weighted by Gasteiger charge is -2.36. The van der Waals surface area contributed by atoms with Crippen molar-refractivity contribution in [1.82, 2.24) is 10.2 Å². The Bertz CT molecular complexity index is 191. The molecule has 1 fully saturated rings. The van der Waals surface area contributed by atoms with Crippen LogP contribution in [0.2, 0.25) is 0 Å². The maximum absolute atomic E-state index is 3.49. The van der Waals surface area contributed by atoms with E-state index in [1.54, 1.807) is 0 Å². The van der Waals surface area contributed by atoms with Gasteiger partial charge in [0.25, 0.3) is 0 Å². The molecule has 102 valence electrons. The molecule has 1 aliphatic carbocycles. The van der Waals surface area contributed by atoms with Gasteiger partial charge in [-0.25, -0.2) is 0 Å². The Morgan fingerprint density at radius 2 is 1.88 bits per heavy atom. The lowest BCUT2D eigenvalue weighted by atomic mass is 9.85. The summed E-state index contributed by atoms with van der Waals surface area (Å²) in [6.07, 6.45) is 8.38. The van der Waals surface area contributed by atoms with Crippen LogP contribution in [0, 0.1) is 5.92 Å². The predicted molar refractivity (Wildman–Crippen MR) is 76.4 cm³/mol. The van der Waals surface area contributed by atoms with Gasteiger partial charge in [-0.2, -0.15) is 0 Å². The number of nitrogens with zero attached hydrogens (tertiary/aromatic N) is 1. The quantitative estimate of drug-likeness (QED) is 0.687. The largest absolute Gasteiger partial charge is 0.315 e. The number of rotatable bonds is 7. The summed E-state index contributed by atoms with van der Waals surface area (Å²) in [5.74, 6) is 0.905. The van der Waals surface area contributed by atoms with E-state index in [2.05, 4.69) is 38.0 Å². The van der Waals surface area contributed by atoms with Crippen LogP contribution >= 0.6 is 0 Å². The number of hydrogen-bond acceptors (Lipinski definition) is 2. The van der Waals surface area contributed by atoms with Crippen molar-refractivity contribution in [3.8, 4) is 0 Å². The van der Waals surface area contributed by atoms with Crippen LogP contribution in [-0.4, -0.2) is 37.1 Å². The smallest absolute Gasteiger partial charge is 0.0118 e. The van der Waals surface area contributed by atoms with Crippen molar-refractivity contribution >= 4 is 0 Å². The first-order valence-corrected chi connectivity index (χ1v) is 7.55. The molecular formula is C15H32N2. The van der Waals surface area contributed by atoms with Crippen LogP contribution in [0.1, 0.15) is 59.3 Å². The molecule has 0 aromatic rings. The fourth-order valence-electron chi connectivity index (χ4n) is 2.99. The highest BCUT2D eigenvalue weighted by atomic mass is 15.1. The van der Waals surface area contributed by atoms with E-state index in [4.69, 9.17) is 0 Å². The molecule has 17 heavy (non-hydrogen) atoms. The first-order valence-electron chi connectivity index (χ1n) is 7.55. The Labute approximate surface area is 108 Å². The molecule has 1 rings (SSSR count). The van der Waals surface area contributed by atoms with Gasteiger partial charge in [0.2, 0.25) is 0 Å². The molecule has 0 amide bonds. The van der Waals surface area contributed by atoms with Gasteiger partial charge >= 0.3 is 0 Å². The van der Waals surface area contributed by atoms with E-state index in [-0.39, 0.29) is 0 Å². The van der Waals surface area contributed by atoms with Gasteiger partial charge in [-0.05, 0) is 51.7 Å². The van der Waals surface area contributed by atoms with Gasteiger partial charge < -0.3 is 10.2 Å². The molecule has 0 spiro atoms. The molecule has 2 atom stereocenters. The van der Waals surface area contributed by atoms with Gasteiger partial charge in [0.15, 0.2) is 0 Å². The monoisotopic (exact) mass is 240 g/mol. The maximum Gasteiger partial charge on any atom is 0.0118 e. The predicted octanol–water partition coefficient (Wildman–Crippen LogP) is 3.28. The molecule has 2 heteroatoms. The average Bonchev–Trinajstić information content (AvgIpc) is 2.28. The van der Waals surface area contributed by atoms with Crippen molar-refractivity contribution in [1.29, 1.82) is 0 Å². The summed E-state index contributed by atoms with van der Waals surface area (Å²) < 4.78 is 0. The van der Waals surface area contributed by atoms with Gasteiger partial charge in [-0.1, -0.05) is 33.6 Å². The van der Waals surface area contributed by atoms with Crippen molar-refractivity contribution in [2.24, 2.45) is 5.92 Å². The van der Waals surface area contributed by atoms with Crippen LogP contribution in [0.3, 0.4) is 0 Å². The van der Waals surface area contributed by atoms with Gasteiger partial charge in [-0.3, -0.25) is 0 Å². The molecule has 2 nitrogen and oxygen atoms in total. The van der Waals surface area contributed by atoms with E-state index >= 15 is 0 Å². The zero-order valence-corrected chi connectivity index (χ0v) is 12.3. The molecule has 1 N–H and O–H groups in total. The fraction of sp³-hybridized carbons (Fsp3) is 1.00. The summed E-state index contributed by atoms with van der Waals surface area (Å²) in [5.41, 5.74) is 0. The average molecular weight is 240 g/mol. The van der Waals surface area contributed by atoms with Crippen LogP contribution in [-0.2, 0) is 0 Å². The lowest BCUT2D eigenvalue weighted by molar-refractivity contribution is 0.137. The van der Waals surface area contributed by atoms with Crippen LogP contribution in [0.25, 0.3) is 0 Å². The Morgan fingerprint density at radius 3 is 2.53 bits per heavy atom. The Hall–Kier alpha value is -0.0800. The third-order valence-corrected chi connectivity index (χ3v) is 4.12. The Morgan fingerprint density at radius 1 is 1.18 bits per heavy atom. The van der Waals surface area contributed by atoms with Crippen LogP contribution < -0.4 is 5.32 Å². The summed E-state index contributed by atoms with van der Waals surface area (Å²) in [7, 11) is 2.32. The van der Waals surface area contributed by atoms with Crippen molar-refractivity contribution in [2.75, 3.05) is 20.1 Å². The summed E-state index contributed by atoms with van der Waals surface area (Å²) in [6.45, 7) is 9.31. The van der Waals surface area contributed by atoms with E-state index in [9.17, 15) is 0 Å². The van der Waals surface area contributed by atoms with Crippen molar-refractivity contribution < 1.29 is 0 Å². The number of nitrogens with one attached hydrogen (secondary N) is 1. The zero-order chi connectivity index (χ0) is 12.7.